The van der Waals surface area contributed by atoms with Gasteiger partial charge in [0.05, 0.1) is 18.7 Å². The van der Waals surface area contributed by atoms with Crippen LogP contribution >= 0.6 is 0 Å². The van der Waals surface area contributed by atoms with Crippen molar-refractivity contribution in [1.82, 2.24) is 9.47 Å². The molecule has 0 bridgehead atoms. The van der Waals surface area contributed by atoms with Crippen molar-refractivity contribution in [3.8, 4) is 5.69 Å². The molecule has 0 saturated carbocycles. The predicted octanol–water partition coefficient (Wildman–Crippen LogP) is 2.09. The smallest absolute Gasteiger partial charge is 0.410 e. The lowest BCUT2D eigenvalue weighted by Crippen LogP contribution is -2.29. The van der Waals surface area contributed by atoms with E-state index in [0.29, 0.717) is 25.3 Å². The molecule has 1 fully saturated rings. The van der Waals surface area contributed by atoms with Gasteiger partial charge in [0, 0.05) is 18.1 Å². The highest BCUT2D eigenvalue weighted by Crippen LogP contribution is 2.12. The molecule has 1 aromatic carbocycles. The maximum absolute atomic E-state index is 12.1. The van der Waals surface area contributed by atoms with Crippen LogP contribution in [0.2, 0.25) is 0 Å². The summed E-state index contributed by atoms with van der Waals surface area (Å²) in [5.41, 5.74) is 1.37. The first-order valence-electron chi connectivity index (χ1n) is 7.06. The van der Waals surface area contributed by atoms with Gasteiger partial charge in [-0.15, -0.1) is 0 Å². The Hall–Kier alpha value is -2.76. The van der Waals surface area contributed by atoms with Crippen molar-refractivity contribution in [2.24, 2.45) is 0 Å². The molecule has 2 aromatic rings. The molecule has 1 aromatic heterocycles. The summed E-state index contributed by atoms with van der Waals surface area (Å²) in [5.74, 6) is -0.401. The highest BCUT2D eigenvalue weighted by Gasteiger charge is 2.21. The second-order valence-corrected chi connectivity index (χ2v) is 4.88. The normalized spacial score (nSPS) is 14.0. The summed E-state index contributed by atoms with van der Waals surface area (Å²) in [5, 5.41) is 0. The van der Waals surface area contributed by atoms with Crippen LogP contribution in [0.4, 0.5) is 4.79 Å². The minimum Gasteiger partial charge on any atom is -0.460 e. The number of cyclic esters (lactones) is 1. The van der Waals surface area contributed by atoms with Crippen molar-refractivity contribution >= 4 is 12.1 Å². The molecule has 0 unspecified atom stereocenters. The molecule has 3 rings (SSSR count). The van der Waals surface area contributed by atoms with Crippen LogP contribution < -0.4 is 0 Å². The summed E-state index contributed by atoms with van der Waals surface area (Å²) in [6.45, 7) is 1.44. The SMILES string of the molecule is O=C(OCCN1CCOC1=O)c1cccc(-n2cccc2)c1. The number of aromatic nitrogens is 1. The zero-order valence-electron chi connectivity index (χ0n) is 12.0. The molecule has 1 aliphatic heterocycles. The van der Waals surface area contributed by atoms with Crippen molar-refractivity contribution in [3.63, 3.8) is 0 Å². The number of benzene rings is 1. The second kappa shape index (κ2) is 6.34. The average molecular weight is 300 g/mol. The number of hydrogen-bond acceptors (Lipinski definition) is 4. The highest BCUT2D eigenvalue weighted by atomic mass is 16.6. The van der Waals surface area contributed by atoms with Gasteiger partial charge >= 0.3 is 12.1 Å². The average Bonchev–Trinajstić information content (AvgIpc) is 3.20. The van der Waals surface area contributed by atoms with Gasteiger partial charge in [-0.05, 0) is 30.3 Å². The zero-order valence-corrected chi connectivity index (χ0v) is 12.0. The molecule has 114 valence electrons. The Morgan fingerprint density at radius 1 is 1.23 bits per heavy atom. The summed E-state index contributed by atoms with van der Waals surface area (Å²) in [7, 11) is 0. The lowest BCUT2D eigenvalue weighted by atomic mass is 10.2. The highest BCUT2D eigenvalue weighted by molar-refractivity contribution is 5.90. The first kappa shape index (κ1) is 14.2. The molecule has 6 heteroatoms. The van der Waals surface area contributed by atoms with E-state index in [2.05, 4.69) is 0 Å². The van der Waals surface area contributed by atoms with Gasteiger partial charge in [0.2, 0.25) is 0 Å². The van der Waals surface area contributed by atoms with Gasteiger partial charge in [0.15, 0.2) is 0 Å². The summed E-state index contributed by atoms with van der Waals surface area (Å²) < 4.78 is 11.9. The van der Waals surface area contributed by atoms with E-state index < -0.39 is 5.97 Å². The predicted molar refractivity (Wildman–Crippen MR) is 79.0 cm³/mol. The lowest BCUT2D eigenvalue weighted by Gasteiger charge is -2.12. The van der Waals surface area contributed by atoms with Crippen LogP contribution in [0, 0.1) is 0 Å². The van der Waals surface area contributed by atoms with Crippen LogP contribution in [0.1, 0.15) is 10.4 Å². The molecular formula is C16H16N2O4. The third-order valence-electron chi connectivity index (χ3n) is 3.42. The third kappa shape index (κ3) is 3.11. The summed E-state index contributed by atoms with van der Waals surface area (Å²) >= 11 is 0. The van der Waals surface area contributed by atoms with E-state index in [0.717, 1.165) is 5.69 Å². The van der Waals surface area contributed by atoms with E-state index in [1.165, 1.54) is 4.90 Å². The van der Waals surface area contributed by atoms with Crippen molar-refractivity contribution in [1.29, 1.82) is 0 Å². The van der Waals surface area contributed by atoms with Crippen LogP contribution in [0.3, 0.4) is 0 Å². The number of ether oxygens (including phenoxy) is 2. The van der Waals surface area contributed by atoms with Gasteiger partial charge in [-0.1, -0.05) is 6.07 Å². The third-order valence-corrected chi connectivity index (χ3v) is 3.42. The first-order chi connectivity index (χ1) is 10.7. The fourth-order valence-corrected chi connectivity index (χ4v) is 2.26. The molecule has 0 atom stereocenters. The molecule has 0 spiro atoms. The van der Waals surface area contributed by atoms with E-state index in [1.54, 1.807) is 12.1 Å². The van der Waals surface area contributed by atoms with Gasteiger partial charge in [-0.2, -0.15) is 0 Å². The lowest BCUT2D eigenvalue weighted by molar-refractivity contribution is 0.0477. The van der Waals surface area contributed by atoms with Crippen LogP contribution in [0.15, 0.2) is 48.8 Å². The van der Waals surface area contributed by atoms with Crippen LogP contribution in [0.25, 0.3) is 5.69 Å². The molecule has 6 nitrogen and oxygen atoms in total. The minimum atomic E-state index is -0.401. The Labute approximate surface area is 127 Å². The molecule has 1 aliphatic rings. The number of carbonyl (C=O) groups excluding carboxylic acids is 2. The first-order valence-corrected chi connectivity index (χ1v) is 7.06. The van der Waals surface area contributed by atoms with Gasteiger partial charge in [-0.25, -0.2) is 9.59 Å². The van der Waals surface area contributed by atoms with Crippen molar-refractivity contribution in [3.05, 3.63) is 54.4 Å². The number of hydrogen-bond donors (Lipinski definition) is 0. The summed E-state index contributed by atoms with van der Waals surface area (Å²) in [6, 6.07) is 11.0. The molecule has 0 N–H and O–H groups in total. The Kier molecular flexibility index (Phi) is 4.09. The molecule has 1 amide bonds. The Bertz CT molecular complexity index is 667. The quantitative estimate of drug-likeness (QED) is 0.793. The van der Waals surface area contributed by atoms with E-state index in [1.807, 2.05) is 41.2 Å². The van der Waals surface area contributed by atoms with Gasteiger partial charge in [0.25, 0.3) is 0 Å². The maximum atomic E-state index is 12.1. The van der Waals surface area contributed by atoms with Crippen LogP contribution in [-0.2, 0) is 9.47 Å². The van der Waals surface area contributed by atoms with E-state index in [9.17, 15) is 9.59 Å². The summed E-state index contributed by atoms with van der Waals surface area (Å²) in [4.78, 5) is 24.8. The Morgan fingerprint density at radius 2 is 2.05 bits per heavy atom. The number of nitrogens with zero attached hydrogens (tertiary/aromatic N) is 2. The standard InChI is InChI=1S/C16H16N2O4/c19-15(21-10-8-18-9-11-22-16(18)20)13-4-3-5-14(12-13)17-6-1-2-7-17/h1-7,12H,8-11H2. The zero-order chi connectivity index (χ0) is 15.4. The van der Waals surface area contributed by atoms with Crippen LogP contribution in [-0.4, -0.2) is 47.8 Å². The van der Waals surface area contributed by atoms with Crippen molar-refractivity contribution in [2.75, 3.05) is 26.3 Å². The topological polar surface area (TPSA) is 60.8 Å². The summed E-state index contributed by atoms with van der Waals surface area (Å²) in [6.07, 6.45) is 3.46. The minimum absolute atomic E-state index is 0.154. The fourth-order valence-electron chi connectivity index (χ4n) is 2.26. The molecular weight excluding hydrogens is 284 g/mol. The molecule has 0 radical (unpaired) electrons. The molecule has 22 heavy (non-hydrogen) atoms. The molecule has 1 saturated heterocycles. The van der Waals surface area contributed by atoms with Gasteiger partial charge < -0.3 is 18.9 Å². The second-order valence-electron chi connectivity index (χ2n) is 4.88. The van der Waals surface area contributed by atoms with Gasteiger partial charge in [0.1, 0.15) is 13.2 Å². The van der Waals surface area contributed by atoms with Crippen molar-refractivity contribution in [2.45, 2.75) is 0 Å². The Morgan fingerprint density at radius 3 is 2.77 bits per heavy atom. The fraction of sp³-hybridized carbons (Fsp3) is 0.250. The van der Waals surface area contributed by atoms with E-state index in [4.69, 9.17) is 9.47 Å². The van der Waals surface area contributed by atoms with Crippen LogP contribution in [0.5, 0.6) is 0 Å². The van der Waals surface area contributed by atoms with E-state index in [-0.39, 0.29) is 12.7 Å². The molecule has 2 heterocycles. The van der Waals surface area contributed by atoms with E-state index >= 15 is 0 Å². The Balaban J connectivity index is 1.58. The maximum Gasteiger partial charge on any atom is 0.410 e. The monoisotopic (exact) mass is 300 g/mol. The van der Waals surface area contributed by atoms with Crippen molar-refractivity contribution < 1.29 is 19.1 Å². The number of carbonyl (C=O) groups is 2. The van der Waals surface area contributed by atoms with Gasteiger partial charge in [-0.3, -0.25) is 0 Å². The number of esters is 1. The number of amides is 1. The largest absolute Gasteiger partial charge is 0.460 e. The molecule has 0 aliphatic carbocycles. The number of rotatable bonds is 5.